The Morgan fingerprint density at radius 2 is 2.25 bits per heavy atom. The molecule has 0 radical (unpaired) electrons. The van der Waals surface area contributed by atoms with Crippen LogP contribution in [0.15, 0.2) is 24.7 Å². The molecule has 7 heteroatoms. The molecule has 0 spiro atoms. The number of halogens is 1. The van der Waals surface area contributed by atoms with Gasteiger partial charge in [0.2, 0.25) is 0 Å². The molecule has 0 saturated heterocycles. The number of nitrogens with one attached hydrogen (secondary N) is 3. The minimum Gasteiger partial charge on any atom is -0.362 e. The number of carbonyl (C=O) groups is 1. The molecule has 20 heavy (non-hydrogen) atoms. The van der Waals surface area contributed by atoms with Gasteiger partial charge >= 0.3 is 0 Å². The fraction of sp³-hybridized carbons (Fsp3) is 0.154. The van der Waals surface area contributed by atoms with Crippen LogP contribution in [0.2, 0.25) is 5.15 Å². The second-order valence-electron chi connectivity index (χ2n) is 4.74. The van der Waals surface area contributed by atoms with Gasteiger partial charge in [0.25, 0.3) is 0 Å². The molecule has 4 heterocycles. The molecule has 6 nitrogen and oxygen atoms in total. The molecule has 0 amide bonds. The summed E-state index contributed by atoms with van der Waals surface area (Å²) in [6, 6.07) is 3.55. The molecule has 1 unspecified atom stereocenters. The van der Waals surface area contributed by atoms with E-state index in [4.69, 9.17) is 11.6 Å². The van der Waals surface area contributed by atoms with E-state index in [0.717, 1.165) is 16.9 Å². The zero-order valence-corrected chi connectivity index (χ0v) is 11.0. The van der Waals surface area contributed by atoms with E-state index >= 15 is 0 Å². The first-order valence-electron chi connectivity index (χ1n) is 6.18. The van der Waals surface area contributed by atoms with Gasteiger partial charge in [0.05, 0.1) is 17.0 Å². The summed E-state index contributed by atoms with van der Waals surface area (Å²) >= 11 is 6.04. The maximum Gasteiger partial charge on any atom is 0.169 e. The maximum atomic E-state index is 12.1. The van der Waals surface area contributed by atoms with Gasteiger partial charge in [-0.1, -0.05) is 11.6 Å². The van der Waals surface area contributed by atoms with Crippen molar-refractivity contribution in [2.75, 3.05) is 5.32 Å². The molecular formula is C13H10ClN5O. The van der Waals surface area contributed by atoms with Gasteiger partial charge in [-0.2, -0.15) is 0 Å². The SMILES string of the molecule is O=C1CC(c2cc3c(Cl)ncnc3[nH]2)Nc2[nH]ccc21. The van der Waals surface area contributed by atoms with Crippen LogP contribution in [0.1, 0.15) is 28.5 Å². The zero-order valence-electron chi connectivity index (χ0n) is 10.3. The van der Waals surface area contributed by atoms with Crippen molar-refractivity contribution in [3.63, 3.8) is 0 Å². The van der Waals surface area contributed by atoms with Crippen molar-refractivity contribution >= 4 is 34.2 Å². The monoisotopic (exact) mass is 287 g/mol. The summed E-state index contributed by atoms with van der Waals surface area (Å²) in [4.78, 5) is 26.4. The van der Waals surface area contributed by atoms with E-state index in [2.05, 4.69) is 25.3 Å². The van der Waals surface area contributed by atoms with Gasteiger partial charge in [0.15, 0.2) is 5.78 Å². The van der Waals surface area contributed by atoms with Crippen LogP contribution in [0.5, 0.6) is 0 Å². The number of ketones is 1. The Balaban J connectivity index is 1.77. The summed E-state index contributed by atoms with van der Waals surface area (Å²) in [7, 11) is 0. The summed E-state index contributed by atoms with van der Waals surface area (Å²) < 4.78 is 0. The van der Waals surface area contributed by atoms with Gasteiger partial charge in [0, 0.05) is 18.3 Å². The Labute approximate surface area is 118 Å². The van der Waals surface area contributed by atoms with Crippen molar-refractivity contribution in [1.29, 1.82) is 0 Å². The molecular weight excluding hydrogens is 278 g/mol. The standard InChI is InChI=1S/C13H10ClN5O/c14-11-7-3-8(18-13(7)17-5-16-11)9-4-10(20)6-1-2-15-12(6)19-9/h1-3,5,9,15,19H,4H2,(H,16,17,18). The average molecular weight is 288 g/mol. The van der Waals surface area contributed by atoms with Crippen LogP contribution in [-0.2, 0) is 0 Å². The zero-order chi connectivity index (χ0) is 13.7. The van der Waals surface area contributed by atoms with Crippen LogP contribution in [0.25, 0.3) is 11.0 Å². The van der Waals surface area contributed by atoms with Crippen molar-refractivity contribution in [1.82, 2.24) is 19.9 Å². The third kappa shape index (κ3) is 1.61. The second kappa shape index (κ2) is 4.08. The Bertz CT molecular complexity index is 821. The molecule has 0 fully saturated rings. The summed E-state index contributed by atoms with van der Waals surface area (Å²) in [5, 5.41) is 4.47. The maximum absolute atomic E-state index is 12.1. The van der Waals surface area contributed by atoms with E-state index in [-0.39, 0.29) is 11.8 Å². The molecule has 0 bridgehead atoms. The highest BCUT2D eigenvalue weighted by Gasteiger charge is 2.27. The lowest BCUT2D eigenvalue weighted by Gasteiger charge is -2.22. The van der Waals surface area contributed by atoms with Crippen LogP contribution in [-0.4, -0.2) is 25.7 Å². The first kappa shape index (κ1) is 11.5. The van der Waals surface area contributed by atoms with E-state index in [9.17, 15) is 4.79 Å². The highest BCUT2D eigenvalue weighted by molar-refractivity contribution is 6.33. The van der Waals surface area contributed by atoms with Crippen LogP contribution >= 0.6 is 11.6 Å². The predicted octanol–water partition coefficient (Wildman–Crippen LogP) is 2.68. The van der Waals surface area contributed by atoms with Crippen molar-refractivity contribution in [3.05, 3.63) is 41.1 Å². The Morgan fingerprint density at radius 1 is 1.35 bits per heavy atom. The number of hydrogen-bond donors (Lipinski definition) is 3. The van der Waals surface area contributed by atoms with E-state index < -0.39 is 0 Å². The highest BCUT2D eigenvalue weighted by Crippen LogP contribution is 2.33. The fourth-order valence-electron chi connectivity index (χ4n) is 2.55. The molecule has 4 rings (SSSR count). The molecule has 3 N–H and O–H groups in total. The minimum atomic E-state index is -0.126. The van der Waals surface area contributed by atoms with Gasteiger partial charge in [-0.3, -0.25) is 4.79 Å². The third-order valence-electron chi connectivity index (χ3n) is 3.53. The van der Waals surface area contributed by atoms with Crippen LogP contribution in [0, 0.1) is 0 Å². The predicted molar refractivity (Wildman–Crippen MR) is 75.0 cm³/mol. The Morgan fingerprint density at radius 3 is 3.10 bits per heavy atom. The first-order chi connectivity index (χ1) is 9.72. The largest absolute Gasteiger partial charge is 0.362 e. The van der Waals surface area contributed by atoms with Crippen molar-refractivity contribution < 1.29 is 4.79 Å². The lowest BCUT2D eigenvalue weighted by molar-refractivity contribution is 0.0972. The topological polar surface area (TPSA) is 86.5 Å². The molecule has 0 aliphatic carbocycles. The number of rotatable bonds is 1. The quantitative estimate of drug-likeness (QED) is 0.601. The summed E-state index contributed by atoms with van der Waals surface area (Å²) in [6.07, 6.45) is 3.56. The summed E-state index contributed by atoms with van der Waals surface area (Å²) in [5.74, 6) is 0.864. The van der Waals surface area contributed by atoms with E-state index in [0.29, 0.717) is 22.8 Å². The molecule has 1 aliphatic heterocycles. The van der Waals surface area contributed by atoms with Gasteiger partial charge in [-0.05, 0) is 12.1 Å². The number of aromatic amines is 2. The number of carbonyl (C=O) groups excluding carboxylic acids is 1. The number of H-pyrrole nitrogens is 2. The van der Waals surface area contributed by atoms with Crippen LogP contribution in [0.4, 0.5) is 5.82 Å². The molecule has 100 valence electrons. The molecule has 1 atom stereocenters. The van der Waals surface area contributed by atoms with Crippen LogP contribution in [0.3, 0.4) is 0 Å². The molecule has 3 aromatic heterocycles. The van der Waals surface area contributed by atoms with E-state index in [1.807, 2.05) is 6.07 Å². The lowest BCUT2D eigenvalue weighted by Crippen LogP contribution is -2.22. The lowest BCUT2D eigenvalue weighted by atomic mass is 9.99. The average Bonchev–Trinajstić information content (AvgIpc) is 3.04. The van der Waals surface area contributed by atoms with Gasteiger partial charge in [-0.25, -0.2) is 9.97 Å². The normalized spacial score (nSPS) is 18.1. The van der Waals surface area contributed by atoms with E-state index in [1.165, 1.54) is 6.33 Å². The number of Topliss-reactive ketones (excluding diaryl/α,β-unsaturated/α-hetero) is 1. The first-order valence-corrected chi connectivity index (χ1v) is 6.56. The minimum absolute atomic E-state index is 0.112. The van der Waals surface area contributed by atoms with Crippen LogP contribution < -0.4 is 5.32 Å². The number of aromatic nitrogens is 4. The Kier molecular flexibility index (Phi) is 2.34. The second-order valence-corrected chi connectivity index (χ2v) is 5.10. The smallest absolute Gasteiger partial charge is 0.169 e. The van der Waals surface area contributed by atoms with Crippen molar-refractivity contribution in [3.8, 4) is 0 Å². The van der Waals surface area contributed by atoms with E-state index in [1.54, 1.807) is 12.3 Å². The van der Waals surface area contributed by atoms with Gasteiger partial charge in [0.1, 0.15) is 22.9 Å². The summed E-state index contributed by atoms with van der Waals surface area (Å²) in [5.41, 5.74) is 2.25. The number of hydrogen-bond acceptors (Lipinski definition) is 4. The van der Waals surface area contributed by atoms with Gasteiger partial charge < -0.3 is 15.3 Å². The summed E-state index contributed by atoms with van der Waals surface area (Å²) in [6.45, 7) is 0. The Hall–Kier alpha value is -2.34. The molecule has 0 aromatic carbocycles. The highest BCUT2D eigenvalue weighted by atomic mass is 35.5. The van der Waals surface area contributed by atoms with Crippen molar-refractivity contribution in [2.24, 2.45) is 0 Å². The van der Waals surface area contributed by atoms with Gasteiger partial charge in [-0.15, -0.1) is 0 Å². The number of fused-ring (bicyclic) bond motifs is 2. The molecule has 0 saturated carbocycles. The van der Waals surface area contributed by atoms with Crippen molar-refractivity contribution in [2.45, 2.75) is 12.5 Å². The fourth-order valence-corrected chi connectivity index (χ4v) is 2.73. The third-order valence-corrected chi connectivity index (χ3v) is 3.83. The number of anilines is 1. The molecule has 1 aliphatic rings. The number of nitrogens with zero attached hydrogens (tertiary/aromatic N) is 2. The molecule has 3 aromatic rings.